The monoisotopic (exact) mass is 348 g/mol. The summed E-state index contributed by atoms with van der Waals surface area (Å²) >= 11 is 0. The molecular formula is C18H28N4O3. The van der Waals surface area contributed by atoms with Gasteiger partial charge >= 0.3 is 0 Å². The molecule has 0 aliphatic rings. The van der Waals surface area contributed by atoms with E-state index < -0.39 is 23.4 Å². The summed E-state index contributed by atoms with van der Waals surface area (Å²) in [4.78, 5) is 36.1. The molecule has 0 spiro atoms. The van der Waals surface area contributed by atoms with Crippen molar-refractivity contribution in [3.05, 3.63) is 35.4 Å². The number of rotatable bonds is 9. The maximum Gasteiger partial charge on any atom is 0.243 e. The van der Waals surface area contributed by atoms with Gasteiger partial charge in [0.05, 0.1) is 6.42 Å². The fourth-order valence-electron chi connectivity index (χ4n) is 2.18. The number of nitrogens with one attached hydrogen (secondary N) is 2. The van der Waals surface area contributed by atoms with Gasteiger partial charge in [-0.25, -0.2) is 0 Å². The second-order valence-corrected chi connectivity index (χ2v) is 6.69. The molecule has 1 aromatic carbocycles. The number of nitrogens with two attached hydrogens (primary N) is 2. The van der Waals surface area contributed by atoms with Gasteiger partial charge in [0.2, 0.25) is 17.7 Å². The molecule has 0 aromatic heterocycles. The van der Waals surface area contributed by atoms with E-state index in [9.17, 15) is 14.4 Å². The normalized spacial score (nSPS) is 12.3. The lowest BCUT2D eigenvalue weighted by Gasteiger charge is -2.26. The van der Waals surface area contributed by atoms with Crippen LogP contribution in [0.3, 0.4) is 0 Å². The van der Waals surface area contributed by atoms with Crippen LogP contribution in [0.25, 0.3) is 0 Å². The number of aryl methyl sites for hydroxylation is 1. The van der Waals surface area contributed by atoms with E-state index in [1.807, 2.05) is 31.2 Å². The Labute approximate surface area is 148 Å². The Kier molecular flexibility index (Phi) is 7.57. The largest absolute Gasteiger partial charge is 0.368 e. The van der Waals surface area contributed by atoms with Gasteiger partial charge < -0.3 is 22.1 Å². The van der Waals surface area contributed by atoms with Crippen LogP contribution in [-0.2, 0) is 20.8 Å². The lowest BCUT2D eigenvalue weighted by atomic mass is 10.0. The molecule has 6 N–H and O–H groups in total. The van der Waals surface area contributed by atoms with E-state index in [0.717, 1.165) is 11.1 Å². The van der Waals surface area contributed by atoms with Crippen molar-refractivity contribution in [1.82, 2.24) is 10.6 Å². The van der Waals surface area contributed by atoms with Crippen LogP contribution >= 0.6 is 0 Å². The van der Waals surface area contributed by atoms with Crippen LogP contribution in [0.2, 0.25) is 0 Å². The number of benzene rings is 1. The van der Waals surface area contributed by atoms with Gasteiger partial charge in [-0.3, -0.25) is 14.4 Å². The van der Waals surface area contributed by atoms with Crippen molar-refractivity contribution in [3.63, 3.8) is 0 Å². The zero-order valence-corrected chi connectivity index (χ0v) is 15.1. The highest BCUT2D eigenvalue weighted by Crippen LogP contribution is 2.07. The summed E-state index contributed by atoms with van der Waals surface area (Å²) in [5.74, 6) is -1.36. The standard InChI is InChI=1S/C18H28N4O3/c1-12-6-8-13(9-7-12)11-15(23)21-14(5-4-10-19)16(24)22-18(2,3)17(20)25/h6-9,14H,4-5,10-11,19H2,1-3H3,(H2,20,25)(H,21,23)(H,22,24)/t14-/m1/s1. The average Bonchev–Trinajstić information content (AvgIpc) is 2.53. The van der Waals surface area contributed by atoms with Crippen molar-refractivity contribution in [2.24, 2.45) is 11.5 Å². The summed E-state index contributed by atoms with van der Waals surface area (Å²) < 4.78 is 0. The van der Waals surface area contributed by atoms with Crippen LogP contribution in [0, 0.1) is 6.92 Å². The number of amides is 3. The second-order valence-electron chi connectivity index (χ2n) is 6.69. The Morgan fingerprint density at radius 1 is 1.16 bits per heavy atom. The number of hydrogen-bond acceptors (Lipinski definition) is 4. The molecule has 0 heterocycles. The second kappa shape index (κ2) is 9.17. The fourth-order valence-corrected chi connectivity index (χ4v) is 2.18. The van der Waals surface area contributed by atoms with Gasteiger partial charge in [-0.2, -0.15) is 0 Å². The predicted molar refractivity (Wildman–Crippen MR) is 96.5 cm³/mol. The van der Waals surface area contributed by atoms with Gasteiger partial charge in [0, 0.05) is 0 Å². The molecule has 0 saturated heterocycles. The van der Waals surface area contributed by atoms with E-state index in [1.165, 1.54) is 13.8 Å². The van der Waals surface area contributed by atoms with Crippen LogP contribution in [0.5, 0.6) is 0 Å². The molecule has 25 heavy (non-hydrogen) atoms. The Morgan fingerprint density at radius 3 is 2.28 bits per heavy atom. The van der Waals surface area contributed by atoms with Gasteiger partial charge in [-0.15, -0.1) is 0 Å². The first-order valence-corrected chi connectivity index (χ1v) is 8.32. The summed E-state index contributed by atoms with van der Waals surface area (Å²) in [6, 6.07) is 6.84. The first kappa shape index (κ1) is 20.6. The van der Waals surface area contributed by atoms with Crippen molar-refractivity contribution >= 4 is 17.7 Å². The number of primary amides is 1. The maximum absolute atomic E-state index is 12.4. The van der Waals surface area contributed by atoms with Crippen molar-refractivity contribution in [3.8, 4) is 0 Å². The number of hydrogen-bond donors (Lipinski definition) is 4. The molecular weight excluding hydrogens is 320 g/mol. The molecule has 1 aromatic rings. The lowest BCUT2D eigenvalue weighted by molar-refractivity contribution is -0.133. The fraction of sp³-hybridized carbons (Fsp3) is 0.500. The summed E-state index contributed by atoms with van der Waals surface area (Å²) in [5.41, 5.74) is 11.6. The molecule has 0 unspecified atom stereocenters. The Hall–Kier alpha value is -2.41. The molecule has 138 valence electrons. The SMILES string of the molecule is Cc1ccc(CC(=O)N[C@H](CCCN)C(=O)NC(C)(C)C(N)=O)cc1. The van der Waals surface area contributed by atoms with E-state index in [-0.39, 0.29) is 12.3 Å². The quantitative estimate of drug-likeness (QED) is 0.506. The third-order valence-corrected chi connectivity index (χ3v) is 3.89. The molecule has 7 heteroatoms. The maximum atomic E-state index is 12.4. The molecule has 0 aliphatic heterocycles. The highest BCUT2D eigenvalue weighted by Gasteiger charge is 2.30. The highest BCUT2D eigenvalue weighted by molar-refractivity contribution is 5.93. The van der Waals surface area contributed by atoms with Crippen LogP contribution in [0.15, 0.2) is 24.3 Å². The molecule has 0 fully saturated rings. The molecule has 0 bridgehead atoms. The van der Waals surface area contributed by atoms with Crippen LogP contribution in [0.1, 0.15) is 37.8 Å². The Morgan fingerprint density at radius 2 is 1.76 bits per heavy atom. The number of carbonyl (C=O) groups excluding carboxylic acids is 3. The first-order chi connectivity index (χ1) is 11.7. The predicted octanol–water partition coefficient (Wildman–Crippen LogP) is 0.141. The van der Waals surface area contributed by atoms with Crippen molar-refractivity contribution < 1.29 is 14.4 Å². The molecule has 0 radical (unpaired) electrons. The summed E-state index contributed by atoms with van der Waals surface area (Å²) in [6.07, 6.45) is 1.13. The zero-order chi connectivity index (χ0) is 19.0. The van der Waals surface area contributed by atoms with E-state index in [1.54, 1.807) is 0 Å². The van der Waals surface area contributed by atoms with Crippen LogP contribution < -0.4 is 22.1 Å². The Balaban J connectivity index is 2.73. The first-order valence-electron chi connectivity index (χ1n) is 8.32. The van der Waals surface area contributed by atoms with Gasteiger partial charge in [0.1, 0.15) is 11.6 Å². The summed E-state index contributed by atoms with van der Waals surface area (Å²) in [5, 5.41) is 5.29. The summed E-state index contributed by atoms with van der Waals surface area (Å²) in [6.45, 7) is 5.40. The molecule has 0 saturated carbocycles. The van der Waals surface area contributed by atoms with E-state index in [2.05, 4.69) is 10.6 Å². The number of carbonyl (C=O) groups is 3. The van der Waals surface area contributed by atoms with E-state index >= 15 is 0 Å². The zero-order valence-electron chi connectivity index (χ0n) is 15.1. The molecule has 1 rings (SSSR count). The highest BCUT2D eigenvalue weighted by atomic mass is 16.2. The third-order valence-electron chi connectivity index (χ3n) is 3.89. The minimum atomic E-state index is -1.19. The van der Waals surface area contributed by atoms with Crippen molar-refractivity contribution in [2.75, 3.05) is 6.54 Å². The molecule has 0 aliphatic carbocycles. The van der Waals surface area contributed by atoms with Crippen LogP contribution in [0.4, 0.5) is 0 Å². The Bertz CT molecular complexity index is 611. The smallest absolute Gasteiger partial charge is 0.243 e. The topological polar surface area (TPSA) is 127 Å². The van der Waals surface area contributed by atoms with Gasteiger partial charge in [-0.05, 0) is 45.7 Å². The molecule has 1 atom stereocenters. The van der Waals surface area contributed by atoms with E-state index in [4.69, 9.17) is 11.5 Å². The van der Waals surface area contributed by atoms with Gasteiger partial charge in [0.15, 0.2) is 0 Å². The van der Waals surface area contributed by atoms with Crippen molar-refractivity contribution in [1.29, 1.82) is 0 Å². The third kappa shape index (κ3) is 6.93. The molecule has 7 nitrogen and oxygen atoms in total. The van der Waals surface area contributed by atoms with E-state index in [0.29, 0.717) is 19.4 Å². The van der Waals surface area contributed by atoms with Crippen molar-refractivity contribution in [2.45, 2.75) is 51.6 Å². The van der Waals surface area contributed by atoms with Gasteiger partial charge in [-0.1, -0.05) is 29.8 Å². The lowest BCUT2D eigenvalue weighted by Crippen LogP contribution is -2.58. The van der Waals surface area contributed by atoms with Crippen LogP contribution in [-0.4, -0.2) is 35.8 Å². The minimum absolute atomic E-state index is 0.173. The average molecular weight is 348 g/mol. The van der Waals surface area contributed by atoms with Gasteiger partial charge in [0.25, 0.3) is 0 Å². The minimum Gasteiger partial charge on any atom is -0.368 e. The summed E-state index contributed by atoms with van der Waals surface area (Å²) in [7, 11) is 0. The molecule has 3 amide bonds.